The van der Waals surface area contributed by atoms with Crippen molar-refractivity contribution in [2.45, 2.75) is 52.9 Å². The predicted octanol–water partition coefficient (Wildman–Crippen LogP) is 4.25. The van der Waals surface area contributed by atoms with E-state index in [0.29, 0.717) is 5.92 Å². The number of hydrogen-bond acceptors (Lipinski definition) is 2. The van der Waals surface area contributed by atoms with Crippen LogP contribution in [0.4, 0.5) is 0 Å². The SMILES string of the molecule is CCCC(C)Cc1csc(C(C)C)n1. The average molecular weight is 211 g/mol. The highest BCUT2D eigenvalue weighted by atomic mass is 32.1. The lowest BCUT2D eigenvalue weighted by Gasteiger charge is -2.06. The van der Waals surface area contributed by atoms with E-state index in [1.807, 2.05) is 0 Å². The quantitative estimate of drug-likeness (QED) is 0.709. The summed E-state index contributed by atoms with van der Waals surface area (Å²) in [7, 11) is 0. The van der Waals surface area contributed by atoms with Gasteiger partial charge >= 0.3 is 0 Å². The molecule has 0 saturated heterocycles. The van der Waals surface area contributed by atoms with Crippen molar-refractivity contribution >= 4 is 11.3 Å². The van der Waals surface area contributed by atoms with E-state index in [9.17, 15) is 0 Å². The fourth-order valence-electron chi connectivity index (χ4n) is 1.63. The van der Waals surface area contributed by atoms with E-state index < -0.39 is 0 Å². The van der Waals surface area contributed by atoms with Crippen LogP contribution in [0.2, 0.25) is 0 Å². The first-order valence-electron chi connectivity index (χ1n) is 5.57. The van der Waals surface area contributed by atoms with Gasteiger partial charge in [-0.2, -0.15) is 0 Å². The summed E-state index contributed by atoms with van der Waals surface area (Å²) in [4.78, 5) is 4.65. The monoisotopic (exact) mass is 211 g/mol. The molecule has 1 unspecified atom stereocenters. The second-order valence-electron chi connectivity index (χ2n) is 4.43. The highest BCUT2D eigenvalue weighted by Crippen LogP contribution is 2.21. The second kappa shape index (κ2) is 5.50. The molecular weight excluding hydrogens is 190 g/mol. The first-order chi connectivity index (χ1) is 6.63. The van der Waals surface area contributed by atoms with Gasteiger partial charge in [0.05, 0.1) is 10.7 Å². The highest BCUT2D eigenvalue weighted by Gasteiger charge is 2.08. The molecule has 80 valence electrons. The maximum atomic E-state index is 4.65. The molecule has 0 bridgehead atoms. The molecule has 1 aromatic heterocycles. The third kappa shape index (κ3) is 3.41. The van der Waals surface area contributed by atoms with Crippen LogP contribution in [0, 0.1) is 5.92 Å². The van der Waals surface area contributed by atoms with Crippen molar-refractivity contribution in [3.05, 3.63) is 16.1 Å². The topological polar surface area (TPSA) is 12.9 Å². The van der Waals surface area contributed by atoms with Crippen LogP contribution in [-0.2, 0) is 6.42 Å². The second-order valence-corrected chi connectivity index (χ2v) is 5.32. The van der Waals surface area contributed by atoms with E-state index in [1.54, 1.807) is 11.3 Å². The fraction of sp³-hybridized carbons (Fsp3) is 0.750. The van der Waals surface area contributed by atoms with Crippen LogP contribution in [0.5, 0.6) is 0 Å². The smallest absolute Gasteiger partial charge is 0.0953 e. The van der Waals surface area contributed by atoms with Gasteiger partial charge in [0.2, 0.25) is 0 Å². The summed E-state index contributed by atoms with van der Waals surface area (Å²) < 4.78 is 0. The molecule has 0 spiro atoms. The summed E-state index contributed by atoms with van der Waals surface area (Å²) in [6, 6.07) is 0. The number of aromatic nitrogens is 1. The Bertz CT molecular complexity index is 265. The zero-order valence-electron chi connectivity index (χ0n) is 9.71. The van der Waals surface area contributed by atoms with Crippen LogP contribution in [0.1, 0.15) is 57.2 Å². The van der Waals surface area contributed by atoms with E-state index in [2.05, 4.69) is 38.1 Å². The number of nitrogens with zero attached hydrogens (tertiary/aromatic N) is 1. The van der Waals surface area contributed by atoms with Crippen molar-refractivity contribution < 1.29 is 0 Å². The molecule has 2 heteroatoms. The van der Waals surface area contributed by atoms with Gasteiger partial charge in [0.15, 0.2) is 0 Å². The zero-order chi connectivity index (χ0) is 10.6. The maximum absolute atomic E-state index is 4.65. The highest BCUT2D eigenvalue weighted by molar-refractivity contribution is 7.09. The molecule has 1 atom stereocenters. The van der Waals surface area contributed by atoms with Crippen molar-refractivity contribution in [2.24, 2.45) is 5.92 Å². The lowest BCUT2D eigenvalue weighted by molar-refractivity contribution is 0.517. The molecule has 0 amide bonds. The molecule has 0 aromatic carbocycles. The molecule has 0 aliphatic heterocycles. The molecule has 0 N–H and O–H groups in total. The molecule has 1 aromatic rings. The Labute approximate surface area is 91.6 Å². The van der Waals surface area contributed by atoms with Crippen molar-refractivity contribution in [1.29, 1.82) is 0 Å². The summed E-state index contributed by atoms with van der Waals surface area (Å²) >= 11 is 1.81. The van der Waals surface area contributed by atoms with Crippen LogP contribution in [0.15, 0.2) is 5.38 Å². The van der Waals surface area contributed by atoms with E-state index in [1.165, 1.54) is 23.5 Å². The first kappa shape index (κ1) is 11.7. The third-order valence-corrected chi connectivity index (χ3v) is 3.60. The average Bonchev–Trinajstić information content (AvgIpc) is 2.53. The normalized spacial score (nSPS) is 13.5. The van der Waals surface area contributed by atoms with Gasteiger partial charge in [-0.1, -0.05) is 40.5 Å². The van der Waals surface area contributed by atoms with Crippen LogP contribution >= 0.6 is 11.3 Å². The molecule has 0 aliphatic rings. The molecule has 0 fully saturated rings. The van der Waals surface area contributed by atoms with E-state index in [-0.39, 0.29) is 0 Å². The van der Waals surface area contributed by atoms with Gasteiger partial charge in [-0.3, -0.25) is 0 Å². The van der Waals surface area contributed by atoms with Gasteiger partial charge in [-0.15, -0.1) is 11.3 Å². The Balaban J connectivity index is 2.51. The molecule has 1 nitrogen and oxygen atoms in total. The molecule has 0 radical (unpaired) electrons. The van der Waals surface area contributed by atoms with Gasteiger partial charge in [-0.05, 0) is 12.3 Å². The zero-order valence-corrected chi connectivity index (χ0v) is 10.5. The van der Waals surface area contributed by atoms with Crippen molar-refractivity contribution in [3.63, 3.8) is 0 Å². The van der Waals surface area contributed by atoms with Gasteiger partial charge in [0, 0.05) is 11.3 Å². The minimum absolute atomic E-state index is 0.579. The van der Waals surface area contributed by atoms with E-state index in [4.69, 9.17) is 0 Å². The van der Waals surface area contributed by atoms with Crippen LogP contribution < -0.4 is 0 Å². The first-order valence-corrected chi connectivity index (χ1v) is 6.45. The Morgan fingerprint density at radius 3 is 2.57 bits per heavy atom. The minimum Gasteiger partial charge on any atom is -0.246 e. The standard InChI is InChI=1S/C12H21NS/c1-5-6-10(4)7-11-8-14-12(13-11)9(2)3/h8-10H,5-7H2,1-4H3. The summed E-state index contributed by atoms with van der Waals surface area (Å²) in [5, 5.41) is 3.50. The van der Waals surface area contributed by atoms with Gasteiger partial charge in [0.25, 0.3) is 0 Å². The summed E-state index contributed by atoms with van der Waals surface area (Å²) in [5.74, 6) is 1.36. The lowest BCUT2D eigenvalue weighted by atomic mass is 10.0. The summed E-state index contributed by atoms with van der Waals surface area (Å²) in [5.41, 5.74) is 1.29. The fourth-order valence-corrected chi connectivity index (χ4v) is 2.48. The third-order valence-electron chi connectivity index (χ3n) is 2.40. The van der Waals surface area contributed by atoms with Gasteiger partial charge in [0.1, 0.15) is 0 Å². The molecule has 0 aliphatic carbocycles. The predicted molar refractivity (Wildman–Crippen MR) is 64.0 cm³/mol. The van der Waals surface area contributed by atoms with Crippen LogP contribution in [0.3, 0.4) is 0 Å². The van der Waals surface area contributed by atoms with Crippen molar-refractivity contribution in [1.82, 2.24) is 4.98 Å². The molecule has 1 heterocycles. The number of rotatable bonds is 5. The van der Waals surface area contributed by atoms with Crippen molar-refractivity contribution in [2.75, 3.05) is 0 Å². The lowest BCUT2D eigenvalue weighted by Crippen LogP contribution is -1.99. The minimum atomic E-state index is 0.579. The summed E-state index contributed by atoms with van der Waals surface area (Å²) in [6.45, 7) is 8.98. The van der Waals surface area contributed by atoms with E-state index >= 15 is 0 Å². The number of hydrogen-bond donors (Lipinski definition) is 0. The molecule has 1 rings (SSSR count). The largest absolute Gasteiger partial charge is 0.246 e. The van der Waals surface area contributed by atoms with Crippen molar-refractivity contribution in [3.8, 4) is 0 Å². The molecular formula is C12H21NS. The van der Waals surface area contributed by atoms with Gasteiger partial charge < -0.3 is 0 Å². The Morgan fingerprint density at radius 2 is 2.07 bits per heavy atom. The maximum Gasteiger partial charge on any atom is 0.0953 e. The molecule has 0 saturated carbocycles. The van der Waals surface area contributed by atoms with Crippen LogP contribution in [-0.4, -0.2) is 4.98 Å². The van der Waals surface area contributed by atoms with E-state index in [0.717, 1.165) is 12.3 Å². The van der Waals surface area contributed by atoms with Crippen LogP contribution in [0.25, 0.3) is 0 Å². The Morgan fingerprint density at radius 1 is 1.36 bits per heavy atom. The van der Waals surface area contributed by atoms with Gasteiger partial charge in [-0.25, -0.2) is 4.98 Å². The number of thiazole rings is 1. The summed E-state index contributed by atoms with van der Waals surface area (Å²) in [6.07, 6.45) is 3.74. The Kier molecular flexibility index (Phi) is 4.59. The Hall–Kier alpha value is -0.370. The molecule has 14 heavy (non-hydrogen) atoms.